The van der Waals surface area contributed by atoms with E-state index in [1.807, 2.05) is 13.0 Å². The number of nitro groups is 1. The number of Topliss-reactive ketones (excluding diaryl/α,β-unsaturated/α-hetero) is 1. The quantitative estimate of drug-likeness (QED) is 0.473. The summed E-state index contributed by atoms with van der Waals surface area (Å²) in [5.41, 5.74) is 2.22. The average molecular weight is 255 g/mol. The number of hydrogen-bond acceptors (Lipinski definition) is 3. The van der Waals surface area contributed by atoms with E-state index in [-0.39, 0.29) is 11.5 Å². The van der Waals surface area contributed by atoms with Gasteiger partial charge in [-0.3, -0.25) is 14.9 Å². The molecule has 0 radical (unpaired) electrons. The minimum atomic E-state index is -0.426. The molecule has 4 heteroatoms. The zero-order valence-corrected chi connectivity index (χ0v) is 10.5. The van der Waals surface area contributed by atoms with Crippen molar-refractivity contribution < 1.29 is 9.72 Å². The molecule has 2 aromatic carbocycles. The number of rotatable bonds is 4. The van der Waals surface area contributed by atoms with E-state index in [0.717, 1.165) is 11.1 Å². The Labute approximate surface area is 110 Å². The second-order valence-corrected chi connectivity index (χ2v) is 4.16. The molecule has 0 bridgehead atoms. The standard InChI is InChI=1S/C15H13NO3/c1-2-15(17)13-7-3-5-11(9-13)12-6-4-8-14(10-12)16(18)19/h3-10H,2H2,1H3. The molecule has 0 aliphatic carbocycles. The Morgan fingerprint density at radius 3 is 2.37 bits per heavy atom. The number of ketones is 1. The van der Waals surface area contributed by atoms with Gasteiger partial charge < -0.3 is 0 Å². The summed E-state index contributed by atoms with van der Waals surface area (Å²) >= 11 is 0. The summed E-state index contributed by atoms with van der Waals surface area (Å²) in [6.07, 6.45) is 0.443. The molecular weight excluding hydrogens is 242 g/mol. The van der Waals surface area contributed by atoms with Gasteiger partial charge in [-0.2, -0.15) is 0 Å². The van der Waals surface area contributed by atoms with Gasteiger partial charge in [-0.05, 0) is 17.2 Å². The molecule has 0 amide bonds. The van der Waals surface area contributed by atoms with Crippen LogP contribution in [-0.4, -0.2) is 10.7 Å². The highest BCUT2D eigenvalue weighted by Crippen LogP contribution is 2.24. The lowest BCUT2D eigenvalue weighted by molar-refractivity contribution is -0.384. The Bertz CT molecular complexity index is 635. The molecule has 4 nitrogen and oxygen atoms in total. The van der Waals surface area contributed by atoms with Crippen LogP contribution in [0.15, 0.2) is 48.5 Å². The van der Waals surface area contributed by atoms with Gasteiger partial charge in [-0.25, -0.2) is 0 Å². The number of carbonyl (C=O) groups is 1. The van der Waals surface area contributed by atoms with Gasteiger partial charge in [-0.15, -0.1) is 0 Å². The molecule has 0 saturated heterocycles. The van der Waals surface area contributed by atoms with Gasteiger partial charge in [0.2, 0.25) is 0 Å². The van der Waals surface area contributed by atoms with E-state index in [1.54, 1.807) is 30.3 Å². The smallest absolute Gasteiger partial charge is 0.270 e. The Hall–Kier alpha value is -2.49. The van der Waals surface area contributed by atoms with Crippen molar-refractivity contribution in [2.75, 3.05) is 0 Å². The van der Waals surface area contributed by atoms with E-state index in [0.29, 0.717) is 12.0 Å². The summed E-state index contributed by atoms with van der Waals surface area (Å²) in [5.74, 6) is 0.0623. The van der Waals surface area contributed by atoms with Crippen molar-refractivity contribution in [1.82, 2.24) is 0 Å². The van der Waals surface area contributed by atoms with Gasteiger partial charge in [-0.1, -0.05) is 37.3 Å². The maximum atomic E-state index is 11.7. The Morgan fingerprint density at radius 2 is 1.74 bits per heavy atom. The number of hydrogen-bond donors (Lipinski definition) is 0. The third-order valence-electron chi connectivity index (χ3n) is 2.90. The van der Waals surface area contributed by atoms with Crippen LogP contribution in [-0.2, 0) is 0 Å². The number of nitrogens with zero attached hydrogens (tertiary/aromatic N) is 1. The number of nitro benzene ring substituents is 1. The second kappa shape index (κ2) is 5.44. The fraction of sp³-hybridized carbons (Fsp3) is 0.133. The van der Waals surface area contributed by atoms with Crippen LogP contribution < -0.4 is 0 Å². The second-order valence-electron chi connectivity index (χ2n) is 4.16. The van der Waals surface area contributed by atoms with Crippen molar-refractivity contribution in [2.45, 2.75) is 13.3 Å². The van der Waals surface area contributed by atoms with Crippen LogP contribution in [0.25, 0.3) is 11.1 Å². The molecule has 0 aromatic heterocycles. The van der Waals surface area contributed by atoms with E-state index < -0.39 is 4.92 Å². The van der Waals surface area contributed by atoms with Gasteiger partial charge in [0.05, 0.1) is 4.92 Å². The Kier molecular flexibility index (Phi) is 3.71. The molecule has 0 saturated carbocycles. The molecular formula is C15H13NO3. The third kappa shape index (κ3) is 2.85. The van der Waals surface area contributed by atoms with E-state index in [4.69, 9.17) is 0 Å². The summed E-state index contributed by atoms with van der Waals surface area (Å²) in [4.78, 5) is 22.0. The highest BCUT2D eigenvalue weighted by molar-refractivity contribution is 5.97. The summed E-state index contributed by atoms with van der Waals surface area (Å²) in [7, 11) is 0. The van der Waals surface area contributed by atoms with Gasteiger partial charge >= 0.3 is 0 Å². The van der Waals surface area contributed by atoms with Crippen LogP contribution in [0.1, 0.15) is 23.7 Å². The number of benzene rings is 2. The lowest BCUT2D eigenvalue weighted by atomic mass is 10.0. The maximum absolute atomic E-state index is 11.7. The minimum Gasteiger partial charge on any atom is -0.294 e. The highest BCUT2D eigenvalue weighted by atomic mass is 16.6. The van der Waals surface area contributed by atoms with Crippen molar-refractivity contribution >= 4 is 11.5 Å². The van der Waals surface area contributed by atoms with Crippen LogP contribution in [0.4, 0.5) is 5.69 Å². The van der Waals surface area contributed by atoms with Crippen molar-refractivity contribution in [1.29, 1.82) is 0 Å². The van der Waals surface area contributed by atoms with Crippen molar-refractivity contribution in [2.24, 2.45) is 0 Å². The van der Waals surface area contributed by atoms with Crippen LogP contribution in [0, 0.1) is 10.1 Å². The van der Waals surface area contributed by atoms with E-state index in [2.05, 4.69) is 0 Å². The lowest BCUT2D eigenvalue weighted by Gasteiger charge is -2.04. The van der Waals surface area contributed by atoms with Gasteiger partial charge in [0.1, 0.15) is 0 Å². The zero-order chi connectivity index (χ0) is 13.8. The van der Waals surface area contributed by atoms with E-state index in [9.17, 15) is 14.9 Å². The van der Waals surface area contributed by atoms with Crippen LogP contribution in [0.5, 0.6) is 0 Å². The number of carbonyl (C=O) groups excluding carboxylic acids is 1. The minimum absolute atomic E-state index is 0.0460. The van der Waals surface area contributed by atoms with E-state index in [1.165, 1.54) is 12.1 Å². The van der Waals surface area contributed by atoms with Gasteiger partial charge in [0.15, 0.2) is 5.78 Å². The summed E-state index contributed by atoms with van der Waals surface area (Å²) < 4.78 is 0. The molecule has 2 rings (SSSR count). The fourth-order valence-electron chi connectivity index (χ4n) is 1.88. The fourth-order valence-corrected chi connectivity index (χ4v) is 1.88. The first kappa shape index (κ1) is 13.0. The molecule has 0 fully saturated rings. The summed E-state index contributed by atoms with van der Waals surface area (Å²) in [5, 5.41) is 10.8. The van der Waals surface area contributed by atoms with Crippen LogP contribution in [0.2, 0.25) is 0 Å². The first-order valence-corrected chi connectivity index (χ1v) is 6.00. The molecule has 0 aliphatic heterocycles. The molecule has 0 atom stereocenters. The maximum Gasteiger partial charge on any atom is 0.270 e. The van der Waals surface area contributed by atoms with E-state index >= 15 is 0 Å². The van der Waals surface area contributed by atoms with Crippen molar-refractivity contribution in [3.8, 4) is 11.1 Å². The molecule has 19 heavy (non-hydrogen) atoms. The first-order chi connectivity index (χ1) is 9.11. The van der Waals surface area contributed by atoms with Gasteiger partial charge in [0, 0.05) is 24.1 Å². The Balaban J connectivity index is 2.44. The topological polar surface area (TPSA) is 60.2 Å². The molecule has 0 heterocycles. The molecule has 0 unspecified atom stereocenters. The van der Waals surface area contributed by atoms with Crippen molar-refractivity contribution in [3.05, 3.63) is 64.2 Å². The number of non-ortho nitro benzene ring substituents is 1. The molecule has 2 aromatic rings. The lowest BCUT2D eigenvalue weighted by Crippen LogP contribution is -1.96. The molecule has 0 spiro atoms. The van der Waals surface area contributed by atoms with Crippen molar-refractivity contribution in [3.63, 3.8) is 0 Å². The SMILES string of the molecule is CCC(=O)c1cccc(-c2cccc([N+](=O)[O-])c2)c1. The summed E-state index contributed by atoms with van der Waals surface area (Å²) in [6.45, 7) is 1.81. The monoisotopic (exact) mass is 255 g/mol. The average Bonchev–Trinajstić information content (AvgIpc) is 2.46. The third-order valence-corrected chi connectivity index (χ3v) is 2.90. The molecule has 96 valence electrons. The normalized spacial score (nSPS) is 10.2. The van der Waals surface area contributed by atoms with Crippen LogP contribution >= 0.6 is 0 Å². The zero-order valence-electron chi connectivity index (χ0n) is 10.5. The largest absolute Gasteiger partial charge is 0.294 e. The molecule has 0 aliphatic rings. The predicted molar refractivity (Wildman–Crippen MR) is 73.2 cm³/mol. The highest BCUT2D eigenvalue weighted by Gasteiger charge is 2.09. The molecule has 0 N–H and O–H groups in total. The van der Waals surface area contributed by atoms with Gasteiger partial charge in [0.25, 0.3) is 5.69 Å². The Morgan fingerprint density at radius 1 is 1.11 bits per heavy atom. The summed E-state index contributed by atoms with van der Waals surface area (Å²) in [6, 6.07) is 13.5. The van der Waals surface area contributed by atoms with Crippen LogP contribution in [0.3, 0.4) is 0 Å². The predicted octanol–water partition coefficient (Wildman–Crippen LogP) is 3.85. The first-order valence-electron chi connectivity index (χ1n) is 6.00.